The van der Waals surface area contributed by atoms with Crippen molar-refractivity contribution < 1.29 is 19.1 Å². The van der Waals surface area contributed by atoms with Crippen molar-refractivity contribution >= 4 is 39.3 Å². The number of carbonyl (C=O) groups excluding carboxylic acids is 3. The first-order valence-electron chi connectivity index (χ1n) is 11.7. The van der Waals surface area contributed by atoms with Gasteiger partial charge in [0.25, 0.3) is 5.91 Å². The number of pyridine rings is 1. The summed E-state index contributed by atoms with van der Waals surface area (Å²) in [4.78, 5) is 46.4. The van der Waals surface area contributed by atoms with Gasteiger partial charge in [0.15, 0.2) is 5.01 Å². The molecular formula is C27H26N4O4S. The molecule has 0 saturated carbocycles. The summed E-state index contributed by atoms with van der Waals surface area (Å²) in [5, 5.41) is 5.92. The fourth-order valence-electron chi connectivity index (χ4n) is 3.57. The molecule has 0 radical (unpaired) electrons. The van der Waals surface area contributed by atoms with Crippen LogP contribution in [0.1, 0.15) is 45.0 Å². The zero-order chi connectivity index (χ0) is 25.2. The fraction of sp³-hybridized carbons (Fsp3) is 0.222. The van der Waals surface area contributed by atoms with Crippen LogP contribution in [0.3, 0.4) is 0 Å². The second-order valence-corrected chi connectivity index (χ2v) is 9.13. The molecule has 0 aliphatic rings. The van der Waals surface area contributed by atoms with E-state index in [2.05, 4.69) is 20.6 Å². The zero-order valence-corrected chi connectivity index (χ0v) is 20.4. The number of rotatable bonds is 11. The van der Waals surface area contributed by atoms with Crippen molar-refractivity contribution in [1.29, 1.82) is 0 Å². The Morgan fingerprint density at radius 1 is 0.944 bits per heavy atom. The minimum atomic E-state index is -0.747. The number of amides is 2. The van der Waals surface area contributed by atoms with E-state index in [-0.39, 0.29) is 18.3 Å². The molecule has 0 bridgehead atoms. The molecular weight excluding hydrogens is 476 g/mol. The number of nitrogens with one attached hydrogen (secondary N) is 2. The van der Waals surface area contributed by atoms with Gasteiger partial charge in [-0.25, -0.2) is 9.78 Å². The maximum Gasteiger partial charge on any atom is 0.407 e. The number of ketones is 1. The molecule has 2 heterocycles. The normalized spacial score (nSPS) is 11.6. The largest absolute Gasteiger partial charge is 0.445 e. The van der Waals surface area contributed by atoms with Crippen LogP contribution < -0.4 is 10.6 Å². The summed E-state index contributed by atoms with van der Waals surface area (Å²) >= 11 is 1.31. The topological polar surface area (TPSA) is 110 Å². The van der Waals surface area contributed by atoms with E-state index in [0.29, 0.717) is 36.4 Å². The van der Waals surface area contributed by atoms with Gasteiger partial charge in [-0.15, -0.1) is 11.3 Å². The summed E-state index contributed by atoms with van der Waals surface area (Å²) in [7, 11) is 0. The van der Waals surface area contributed by atoms with Gasteiger partial charge >= 0.3 is 6.09 Å². The molecule has 0 aliphatic heterocycles. The van der Waals surface area contributed by atoms with Crippen LogP contribution in [0.2, 0.25) is 0 Å². The maximum atomic E-state index is 13.3. The minimum absolute atomic E-state index is 0.200. The summed E-state index contributed by atoms with van der Waals surface area (Å²) in [6.07, 6.45) is 4.17. The van der Waals surface area contributed by atoms with Crippen molar-refractivity contribution in [3.05, 3.63) is 95.3 Å². The van der Waals surface area contributed by atoms with Crippen LogP contribution in [-0.4, -0.2) is 40.3 Å². The highest BCUT2D eigenvalue weighted by Crippen LogP contribution is 2.23. The molecule has 0 spiro atoms. The van der Waals surface area contributed by atoms with E-state index < -0.39 is 12.1 Å². The highest BCUT2D eigenvalue weighted by Gasteiger charge is 2.25. The Balaban J connectivity index is 1.31. The molecule has 2 aromatic carbocycles. The molecule has 2 amide bonds. The van der Waals surface area contributed by atoms with Gasteiger partial charge in [0, 0.05) is 18.9 Å². The number of carbonyl (C=O) groups is 3. The van der Waals surface area contributed by atoms with Crippen molar-refractivity contribution in [2.45, 2.75) is 31.9 Å². The van der Waals surface area contributed by atoms with Crippen LogP contribution in [0.4, 0.5) is 4.79 Å². The number of aromatic nitrogens is 2. The molecule has 4 rings (SSSR count). The Bertz CT molecular complexity index is 1280. The predicted molar refractivity (Wildman–Crippen MR) is 138 cm³/mol. The van der Waals surface area contributed by atoms with E-state index in [1.165, 1.54) is 17.5 Å². The number of thiazole rings is 1. The summed E-state index contributed by atoms with van der Waals surface area (Å²) in [6, 6.07) is 19.5. The van der Waals surface area contributed by atoms with E-state index in [4.69, 9.17) is 4.74 Å². The van der Waals surface area contributed by atoms with Crippen molar-refractivity contribution in [1.82, 2.24) is 20.6 Å². The average molecular weight is 503 g/mol. The second-order valence-electron chi connectivity index (χ2n) is 8.10. The molecule has 36 heavy (non-hydrogen) atoms. The van der Waals surface area contributed by atoms with Gasteiger partial charge in [-0.05, 0) is 49.1 Å². The number of unbranched alkanes of at least 4 members (excludes halogenated alkanes) is 1. The van der Waals surface area contributed by atoms with Gasteiger partial charge in [-0.1, -0.05) is 42.5 Å². The Morgan fingerprint density at radius 3 is 2.53 bits per heavy atom. The third-order valence-electron chi connectivity index (χ3n) is 5.45. The van der Waals surface area contributed by atoms with Crippen LogP contribution in [-0.2, 0) is 11.3 Å². The SMILES string of the molecule is O=C(NCCCC[C@H](NC(=O)c1cccnc1)C(=O)c1nc2ccccc2s1)OCc1ccccc1. The van der Waals surface area contributed by atoms with E-state index in [0.717, 1.165) is 15.8 Å². The van der Waals surface area contributed by atoms with Crippen molar-refractivity contribution in [2.24, 2.45) is 0 Å². The molecule has 0 aliphatic carbocycles. The first-order chi connectivity index (χ1) is 17.6. The van der Waals surface area contributed by atoms with Crippen LogP contribution in [0, 0.1) is 0 Å². The van der Waals surface area contributed by atoms with Gasteiger partial charge < -0.3 is 15.4 Å². The Hall–Kier alpha value is -4.11. The van der Waals surface area contributed by atoms with Gasteiger partial charge in [-0.3, -0.25) is 14.6 Å². The molecule has 2 N–H and O–H groups in total. The number of hydrogen-bond donors (Lipinski definition) is 2. The van der Waals surface area contributed by atoms with Crippen molar-refractivity contribution in [2.75, 3.05) is 6.54 Å². The smallest absolute Gasteiger partial charge is 0.407 e. The number of fused-ring (bicyclic) bond motifs is 1. The molecule has 0 saturated heterocycles. The van der Waals surface area contributed by atoms with E-state index in [9.17, 15) is 14.4 Å². The van der Waals surface area contributed by atoms with E-state index in [1.807, 2.05) is 54.6 Å². The number of ether oxygens (including phenoxy) is 1. The average Bonchev–Trinajstić information content (AvgIpc) is 3.36. The lowest BCUT2D eigenvalue weighted by Crippen LogP contribution is -2.41. The third kappa shape index (κ3) is 6.96. The number of Topliss-reactive ketones (excluding diaryl/α,β-unsaturated/α-hetero) is 1. The van der Waals surface area contributed by atoms with Gasteiger partial charge in [0.1, 0.15) is 6.61 Å². The van der Waals surface area contributed by atoms with Crippen LogP contribution in [0.15, 0.2) is 79.1 Å². The first-order valence-corrected chi connectivity index (χ1v) is 12.5. The quantitative estimate of drug-likeness (QED) is 0.226. The Labute approximate surface area is 212 Å². The van der Waals surface area contributed by atoms with Gasteiger partial charge in [-0.2, -0.15) is 0 Å². The van der Waals surface area contributed by atoms with Crippen LogP contribution in [0.25, 0.3) is 10.2 Å². The highest BCUT2D eigenvalue weighted by molar-refractivity contribution is 7.20. The van der Waals surface area contributed by atoms with E-state index in [1.54, 1.807) is 18.3 Å². The van der Waals surface area contributed by atoms with Crippen molar-refractivity contribution in [3.63, 3.8) is 0 Å². The second kappa shape index (κ2) is 12.6. The van der Waals surface area contributed by atoms with Gasteiger partial charge in [0.05, 0.1) is 21.8 Å². The Kier molecular flexibility index (Phi) is 8.72. The summed E-state index contributed by atoms with van der Waals surface area (Å²) in [5.74, 6) is -0.603. The Morgan fingerprint density at radius 2 is 1.75 bits per heavy atom. The lowest BCUT2D eigenvalue weighted by molar-refractivity contribution is 0.0850. The lowest BCUT2D eigenvalue weighted by atomic mass is 10.0. The maximum absolute atomic E-state index is 13.3. The molecule has 0 fully saturated rings. The number of para-hydroxylation sites is 1. The van der Waals surface area contributed by atoms with Crippen molar-refractivity contribution in [3.8, 4) is 0 Å². The van der Waals surface area contributed by atoms with Gasteiger partial charge in [0.2, 0.25) is 5.78 Å². The lowest BCUT2D eigenvalue weighted by Gasteiger charge is -2.17. The minimum Gasteiger partial charge on any atom is -0.445 e. The summed E-state index contributed by atoms with van der Waals surface area (Å²) < 4.78 is 6.12. The molecule has 1 atom stereocenters. The third-order valence-corrected chi connectivity index (χ3v) is 6.50. The van der Waals surface area contributed by atoms with Crippen LogP contribution >= 0.6 is 11.3 Å². The highest BCUT2D eigenvalue weighted by atomic mass is 32.1. The van der Waals surface area contributed by atoms with E-state index >= 15 is 0 Å². The molecule has 4 aromatic rings. The first kappa shape index (κ1) is 25.0. The van der Waals surface area contributed by atoms with Crippen LogP contribution in [0.5, 0.6) is 0 Å². The monoisotopic (exact) mass is 502 g/mol. The number of nitrogens with zero attached hydrogens (tertiary/aromatic N) is 2. The standard InChI is InChI=1S/C27H26N4O4S/c32-24(26-31-21-12-4-5-14-23(21)36-26)22(30-25(33)20-11-8-15-28-17-20)13-6-7-16-29-27(34)35-18-19-9-2-1-3-10-19/h1-5,8-12,14-15,17,22H,6-7,13,16,18H2,(H,29,34)(H,30,33)/t22-/m0/s1. The summed E-state index contributed by atoms with van der Waals surface area (Å²) in [5.41, 5.74) is 2.04. The summed E-state index contributed by atoms with van der Waals surface area (Å²) in [6.45, 7) is 0.595. The number of benzene rings is 2. The number of alkyl carbamates (subject to hydrolysis) is 1. The molecule has 2 aromatic heterocycles. The number of hydrogen-bond acceptors (Lipinski definition) is 7. The predicted octanol–water partition coefficient (Wildman–Crippen LogP) is 4.77. The fourth-order valence-corrected chi connectivity index (χ4v) is 4.53. The zero-order valence-electron chi connectivity index (χ0n) is 19.6. The molecule has 8 nitrogen and oxygen atoms in total. The molecule has 184 valence electrons. The molecule has 9 heteroatoms. The molecule has 0 unspecified atom stereocenters.